The Balaban J connectivity index is 1.88. The highest BCUT2D eigenvalue weighted by atomic mass is 32.2. The Hall–Kier alpha value is -0.380. The van der Waals surface area contributed by atoms with Gasteiger partial charge in [-0.25, -0.2) is 0 Å². The van der Waals surface area contributed by atoms with Crippen LogP contribution in [0.15, 0.2) is 0 Å². The molecule has 2 fully saturated rings. The normalized spacial score (nSPS) is 25.8. The third-order valence-corrected chi connectivity index (χ3v) is 3.76. The van der Waals surface area contributed by atoms with E-state index in [1.807, 2.05) is 0 Å². The van der Waals surface area contributed by atoms with Crippen LogP contribution >= 0.6 is 0 Å². The van der Waals surface area contributed by atoms with E-state index < -0.39 is 10.8 Å². The summed E-state index contributed by atoms with van der Waals surface area (Å²) in [5.74, 6) is 2.85. The van der Waals surface area contributed by atoms with Gasteiger partial charge >= 0.3 is 0 Å². The number of nitrogens with one attached hydrogen (secondary N) is 1. The molecule has 1 aliphatic carbocycles. The first-order chi connectivity index (χ1) is 5.77. The molecule has 0 bridgehead atoms. The van der Waals surface area contributed by atoms with Gasteiger partial charge in [-0.2, -0.15) is 0 Å². The van der Waals surface area contributed by atoms with Crippen molar-refractivity contribution in [2.24, 2.45) is 5.92 Å². The van der Waals surface area contributed by atoms with Crippen molar-refractivity contribution in [1.29, 1.82) is 5.41 Å². The average molecular weight is 186 g/mol. The molecule has 2 rings (SSSR count). The van der Waals surface area contributed by atoms with Crippen molar-refractivity contribution in [3.8, 4) is 0 Å². The lowest BCUT2D eigenvalue weighted by Gasteiger charge is -2.28. The summed E-state index contributed by atoms with van der Waals surface area (Å²) in [6.45, 7) is 1.67. The van der Waals surface area contributed by atoms with Crippen LogP contribution in [-0.2, 0) is 10.8 Å². The summed E-state index contributed by atoms with van der Waals surface area (Å²) in [4.78, 5) is 2.10. The van der Waals surface area contributed by atoms with Gasteiger partial charge in [0, 0.05) is 41.3 Å². The lowest BCUT2D eigenvalue weighted by atomic mass is 10.3. The Morgan fingerprint density at radius 2 is 1.92 bits per heavy atom. The van der Waals surface area contributed by atoms with E-state index >= 15 is 0 Å². The first-order valence-electron chi connectivity index (χ1n) is 4.46. The van der Waals surface area contributed by atoms with Crippen LogP contribution in [0.3, 0.4) is 0 Å². The van der Waals surface area contributed by atoms with Gasteiger partial charge in [0.05, 0.1) is 5.84 Å². The highest BCUT2D eigenvalue weighted by Gasteiger charge is 2.31. The van der Waals surface area contributed by atoms with Crippen molar-refractivity contribution in [3.63, 3.8) is 0 Å². The minimum Gasteiger partial charge on any atom is -0.358 e. The molecule has 1 N–H and O–H groups in total. The van der Waals surface area contributed by atoms with E-state index in [9.17, 15) is 4.21 Å². The summed E-state index contributed by atoms with van der Waals surface area (Å²) in [6.07, 6.45) is 2.39. The molecule has 1 aliphatic heterocycles. The van der Waals surface area contributed by atoms with Crippen LogP contribution in [0.5, 0.6) is 0 Å². The smallest absolute Gasteiger partial charge is 0.0990 e. The second-order valence-corrected chi connectivity index (χ2v) is 5.19. The number of nitrogens with zero attached hydrogens (tertiary/aromatic N) is 1. The van der Waals surface area contributed by atoms with Crippen LogP contribution in [0.1, 0.15) is 12.8 Å². The zero-order valence-electron chi connectivity index (χ0n) is 7.08. The summed E-state index contributed by atoms with van der Waals surface area (Å²) < 4.78 is 11.0. The molecule has 0 aromatic carbocycles. The monoisotopic (exact) mass is 186 g/mol. The molecule has 2 aliphatic rings. The maximum atomic E-state index is 11.0. The fraction of sp³-hybridized carbons (Fsp3) is 0.875. The Bertz CT molecular complexity index is 215. The van der Waals surface area contributed by atoms with Crippen LogP contribution in [-0.4, -0.2) is 39.5 Å². The molecule has 1 saturated heterocycles. The summed E-state index contributed by atoms with van der Waals surface area (Å²) in [6, 6.07) is 0. The highest BCUT2D eigenvalue weighted by molar-refractivity contribution is 7.85. The predicted molar refractivity (Wildman–Crippen MR) is 49.9 cm³/mol. The van der Waals surface area contributed by atoms with E-state index in [-0.39, 0.29) is 0 Å². The fourth-order valence-electron chi connectivity index (χ4n) is 1.49. The summed E-state index contributed by atoms with van der Waals surface area (Å²) in [7, 11) is -0.609. The van der Waals surface area contributed by atoms with Gasteiger partial charge in [-0.05, 0) is 12.8 Å². The largest absolute Gasteiger partial charge is 0.358 e. The summed E-state index contributed by atoms with van der Waals surface area (Å²) in [5, 5.41) is 7.79. The van der Waals surface area contributed by atoms with E-state index in [2.05, 4.69) is 4.90 Å². The highest BCUT2D eigenvalue weighted by Crippen LogP contribution is 2.31. The van der Waals surface area contributed by atoms with Crippen molar-refractivity contribution < 1.29 is 4.21 Å². The van der Waals surface area contributed by atoms with Crippen LogP contribution in [0.4, 0.5) is 0 Å². The Morgan fingerprint density at radius 1 is 1.33 bits per heavy atom. The number of hydrogen-bond donors (Lipinski definition) is 1. The minimum atomic E-state index is -0.609. The molecule has 12 heavy (non-hydrogen) atoms. The topological polar surface area (TPSA) is 44.2 Å². The molecule has 1 heterocycles. The Morgan fingerprint density at radius 3 is 2.42 bits per heavy atom. The van der Waals surface area contributed by atoms with Crippen LogP contribution in [0, 0.1) is 11.3 Å². The third-order valence-electron chi connectivity index (χ3n) is 2.48. The van der Waals surface area contributed by atoms with Gasteiger partial charge in [0.1, 0.15) is 0 Å². The molecule has 0 atom stereocenters. The molecule has 0 radical (unpaired) electrons. The zero-order valence-corrected chi connectivity index (χ0v) is 7.90. The van der Waals surface area contributed by atoms with Gasteiger partial charge in [-0.15, -0.1) is 0 Å². The Kier molecular flexibility index (Phi) is 2.17. The molecule has 0 amide bonds. The van der Waals surface area contributed by atoms with Gasteiger partial charge in [0.25, 0.3) is 0 Å². The fourth-order valence-corrected chi connectivity index (χ4v) is 2.55. The van der Waals surface area contributed by atoms with Gasteiger partial charge in [-0.3, -0.25) is 9.62 Å². The lowest BCUT2D eigenvalue weighted by molar-refractivity contribution is 0.439. The average Bonchev–Trinajstić information content (AvgIpc) is 2.87. The molecule has 0 spiro atoms. The minimum absolute atomic E-state index is 0.538. The van der Waals surface area contributed by atoms with Crippen LogP contribution < -0.4 is 0 Å². The van der Waals surface area contributed by atoms with Gasteiger partial charge in [0.15, 0.2) is 0 Å². The molecule has 0 aromatic heterocycles. The summed E-state index contributed by atoms with van der Waals surface area (Å²) in [5.41, 5.74) is 0. The lowest BCUT2D eigenvalue weighted by Crippen LogP contribution is -2.42. The van der Waals surface area contributed by atoms with Gasteiger partial charge in [0.2, 0.25) is 0 Å². The van der Waals surface area contributed by atoms with E-state index in [0.717, 1.165) is 30.4 Å². The summed E-state index contributed by atoms with van der Waals surface area (Å²) >= 11 is 0. The second kappa shape index (κ2) is 3.17. The van der Waals surface area contributed by atoms with E-state index in [1.54, 1.807) is 0 Å². The number of hydrogen-bond acceptors (Lipinski definition) is 2. The molecule has 68 valence electrons. The number of amidine groups is 1. The van der Waals surface area contributed by atoms with E-state index in [4.69, 9.17) is 5.41 Å². The quantitative estimate of drug-likeness (QED) is 0.477. The SMILES string of the molecule is N=C(C1CC1)N1CCS(=O)CC1. The molecule has 0 unspecified atom stereocenters. The molecular formula is C8H14N2OS. The number of rotatable bonds is 1. The third kappa shape index (κ3) is 1.68. The predicted octanol–water partition coefficient (Wildman–Crippen LogP) is 0.438. The maximum Gasteiger partial charge on any atom is 0.0990 e. The van der Waals surface area contributed by atoms with Crippen LogP contribution in [0.25, 0.3) is 0 Å². The standard InChI is InChI=1S/C8H14N2OS/c9-8(7-1-2-7)10-3-5-12(11)6-4-10/h7,9H,1-6H2. The zero-order chi connectivity index (χ0) is 8.55. The molecule has 0 aromatic rings. The second-order valence-electron chi connectivity index (χ2n) is 3.49. The van der Waals surface area contributed by atoms with E-state index in [0.29, 0.717) is 5.92 Å². The van der Waals surface area contributed by atoms with Crippen molar-refractivity contribution in [2.75, 3.05) is 24.6 Å². The maximum absolute atomic E-state index is 11.0. The first-order valence-corrected chi connectivity index (χ1v) is 5.94. The van der Waals surface area contributed by atoms with Crippen LogP contribution in [0.2, 0.25) is 0 Å². The van der Waals surface area contributed by atoms with Gasteiger partial charge in [-0.1, -0.05) is 0 Å². The Labute approximate surface area is 75.1 Å². The van der Waals surface area contributed by atoms with Crippen molar-refractivity contribution in [1.82, 2.24) is 4.90 Å². The van der Waals surface area contributed by atoms with Crippen molar-refractivity contribution in [2.45, 2.75) is 12.8 Å². The van der Waals surface area contributed by atoms with E-state index in [1.165, 1.54) is 12.8 Å². The van der Waals surface area contributed by atoms with Gasteiger partial charge < -0.3 is 4.90 Å². The molecule has 3 nitrogen and oxygen atoms in total. The molecule has 4 heteroatoms. The van der Waals surface area contributed by atoms with Crippen molar-refractivity contribution >= 4 is 16.6 Å². The van der Waals surface area contributed by atoms with Crippen molar-refractivity contribution in [3.05, 3.63) is 0 Å². The molecule has 1 saturated carbocycles. The first kappa shape index (κ1) is 8.23. The molecular weight excluding hydrogens is 172 g/mol.